The monoisotopic (exact) mass is 610 g/mol. The number of aliphatic carboxylic acids is 1. The number of rotatable bonds is 16. The number of aromatic hydroxyl groups is 1. The number of hydrogen-bond acceptors (Lipinski definition) is 8. The molecule has 0 bridgehead atoms. The number of fused-ring (bicyclic) bond motifs is 1. The number of hydrogen-bond donors (Lipinski definition) is 10. The number of carboxylic acid groups (broad SMARTS) is 1. The van der Waals surface area contributed by atoms with E-state index in [0.717, 1.165) is 10.9 Å². The Morgan fingerprint density at radius 2 is 1.50 bits per heavy atom. The molecule has 0 aliphatic heterocycles. The first-order valence-corrected chi connectivity index (χ1v) is 13.9. The Morgan fingerprint density at radius 1 is 0.864 bits per heavy atom. The lowest BCUT2D eigenvalue weighted by atomic mass is 10.0. The van der Waals surface area contributed by atoms with E-state index in [1.54, 1.807) is 6.20 Å². The predicted octanol–water partition coefficient (Wildman–Crippen LogP) is -1.43. The number of amides is 3. The molecule has 0 saturated heterocycles. The number of benzene rings is 2. The van der Waals surface area contributed by atoms with Gasteiger partial charge in [-0.05, 0) is 42.2 Å². The van der Waals surface area contributed by atoms with Gasteiger partial charge in [0, 0.05) is 36.5 Å². The van der Waals surface area contributed by atoms with Gasteiger partial charge in [-0.3, -0.25) is 19.4 Å². The van der Waals surface area contributed by atoms with Crippen molar-refractivity contribution in [3.05, 3.63) is 65.9 Å². The standard InChI is InChI=1S/C29H38N8O7/c30-20(5-3-11-33-29(31)32)25(40)35-22(13-17-14-34-21-6-2-1-4-19(17)21)26(41)37-24(15-38)27(42)36-23(28(43)44)12-16-7-9-18(39)10-8-16/h1-2,4,6-10,14,20,22-24,34,38-39H,3,5,11-13,15,30H2,(H,35,40)(H,36,42)(H,37,41)(H,43,44)(H4,31,32,33). The Hall–Kier alpha value is -5.15. The number of carboxylic acids is 1. The van der Waals surface area contributed by atoms with Gasteiger partial charge >= 0.3 is 5.97 Å². The normalized spacial score (nSPS) is 13.7. The number of para-hydroxylation sites is 1. The average Bonchev–Trinajstić information content (AvgIpc) is 3.40. The van der Waals surface area contributed by atoms with Gasteiger partial charge in [-0.25, -0.2) is 4.79 Å². The van der Waals surface area contributed by atoms with Crippen LogP contribution in [0.2, 0.25) is 0 Å². The third kappa shape index (κ3) is 9.71. The number of guanidine groups is 1. The summed E-state index contributed by atoms with van der Waals surface area (Å²) in [7, 11) is 0. The molecule has 1 aromatic heterocycles. The predicted molar refractivity (Wildman–Crippen MR) is 162 cm³/mol. The first-order chi connectivity index (χ1) is 21.0. The summed E-state index contributed by atoms with van der Waals surface area (Å²) in [5, 5.41) is 37.2. The average molecular weight is 611 g/mol. The van der Waals surface area contributed by atoms with Gasteiger partial charge in [0.25, 0.3) is 0 Å². The van der Waals surface area contributed by atoms with Gasteiger partial charge in [0.1, 0.15) is 23.9 Å². The molecular weight excluding hydrogens is 572 g/mol. The van der Waals surface area contributed by atoms with Crippen molar-refractivity contribution in [2.75, 3.05) is 13.2 Å². The van der Waals surface area contributed by atoms with Crippen molar-refractivity contribution < 1.29 is 34.5 Å². The molecule has 1 heterocycles. The number of phenols is 1. The van der Waals surface area contributed by atoms with E-state index in [9.17, 15) is 34.5 Å². The molecule has 13 N–H and O–H groups in total. The van der Waals surface area contributed by atoms with Crippen LogP contribution in [0.15, 0.2) is 59.7 Å². The number of nitrogens with two attached hydrogens (primary N) is 3. The largest absolute Gasteiger partial charge is 0.508 e. The lowest BCUT2D eigenvalue weighted by Gasteiger charge is -2.24. The second-order valence-corrected chi connectivity index (χ2v) is 10.2. The van der Waals surface area contributed by atoms with E-state index >= 15 is 0 Å². The number of aliphatic imine (C=N–C) groups is 1. The lowest BCUT2D eigenvalue weighted by molar-refractivity contribution is -0.142. The van der Waals surface area contributed by atoms with Gasteiger partial charge in [-0.15, -0.1) is 0 Å². The van der Waals surface area contributed by atoms with Gasteiger partial charge in [-0.2, -0.15) is 0 Å². The van der Waals surface area contributed by atoms with Gasteiger partial charge in [-0.1, -0.05) is 30.3 Å². The van der Waals surface area contributed by atoms with Crippen LogP contribution in [-0.2, 0) is 32.0 Å². The Labute approximate surface area is 252 Å². The van der Waals surface area contributed by atoms with Crippen LogP contribution < -0.4 is 33.2 Å². The van der Waals surface area contributed by atoms with Crippen LogP contribution in [0.25, 0.3) is 10.9 Å². The summed E-state index contributed by atoms with van der Waals surface area (Å²) in [6.45, 7) is -0.582. The minimum absolute atomic E-state index is 0.00565. The van der Waals surface area contributed by atoms with Crippen LogP contribution >= 0.6 is 0 Å². The molecule has 236 valence electrons. The minimum Gasteiger partial charge on any atom is -0.508 e. The molecule has 0 fully saturated rings. The molecular formula is C29H38N8O7. The molecule has 0 saturated carbocycles. The highest BCUT2D eigenvalue weighted by Crippen LogP contribution is 2.19. The van der Waals surface area contributed by atoms with Crippen molar-refractivity contribution in [3.8, 4) is 5.75 Å². The van der Waals surface area contributed by atoms with Crippen LogP contribution in [0.5, 0.6) is 5.75 Å². The Kier molecular flexibility index (Phi) is 12.1. The molecule has 4 atom stereocenters. The fraction of sp³-hybridized carbons (Fsp3) is 0.345. The van der Waals surface area contributed by atoms with Gasteiger partial charge in [0.2, 0.25) is 17.7 Å². The number of nitrogens with one attached hydrogen (secondary N) is 4. The van der Waals surface area contributed by atoms with Crippen LogP contribution in [0, 0.1) is 0 Å². The highest BCUT2D eigenvalue weighted by Gasteiger charge is 2.30. The first-order valence-electron chi connectivity index (χ1n) is 13.9. The third-order valence-corrected chi connectivity index (χ3v) is 6.84. The van der Waals surface area contributed by atoms with Gasteiger partial charge in [0.15, 0.2) is 5.96 Å². The van der Waals surface area contributed by atoms with Crippen LogP contribution in [-0.4, -0.2) is 87.3 Å². The molecule has 3 amide bonds. The zero-order chi connectivity index (χ0) is 32.2. The fourth-order valence-corrected chi connectivity index (χ4v) is 4.47. The van der Waals surface area contributed by atoms with Crippen LogP contribution in [0.3, 0.4) is 0 Å². The summed E-state index contributed by atoms with van der Waals surface area (Å²) in [6, 6.07) is 8.01. The second kappa shape index (κ2) is 15.9. The van der Waals surface area contributed by atoms with Crippen molar-refractivity contribution >= 4 is 40.6 Å². The number of aliphatic hydroxyl groups is 1. The Morgan fingerprint density at radius 3 is 2.16 bits per heavy atom. The number of carbonyl (C=O) groups is 4. The molecule has 0 aliphatic rings. The van der Waals surface area contributed by atoms with Gasteiger partial charge in [0.05, 0.1) is 12.6 Å². The summed E-state index contributed by atoms with van der Waals surface area (Å²) < 4.78 is 0. The Bertz CT molecular complexity index is 1470. The maximum absolute atomic E-state index is 13.5. The maximum Gasteiger partial charge on any atom is 0.326 e. The maximum atomic E-state index is 13.5. The first kappa shape index (κ1) is 33.4. The third-order valence-electron chi connectivity index (χ3n) is 6.84. The van der Waals surface area contributed by atoms with Crippen LogP contribution in [0.1, 0.15) is 24.0 Å². The molecule has 4 unspecified atom stereocenters. The number of aromatic nitrogens is 1. The molecule has 0 aliphatic carbocycles. The SMILES string of the molecule is NC(N)=NCCCC(N)C(=O)NC(Cc1c[nH]c2ccccc12)C(=O)NC(CO)C(=O)NC(Cc1ccc(O)cc1)C(=O)O. The highest BCUT2D eigenvalue weighted by atomic mass is 16.4. The summed E-state index contributed by atoms with van der Waals surface area (Å²) in [6.07, 6.45) is 2.23. The van der Waals surface area contributed by atoms with Crippen molar-refractivity contribution in [1.82, 2.24) is 20.9 Å². The van der Waals surface area contributed by atoms with E-state index in [-0.39, 0.29) is 37.5 Å². The second-order valence-electron chi connectivity index (χ2n) is 10.2. The van der Waals surface area contributed by atoms with Crippen molar-refractivity contribution in [2.24, 2.45) is 22.2 Å². The van der Waals surface area contributed by atoms with E-state index in [0.29, 0.717) is 17.5 Å². The van der Waals surface area contributed by atoms with Gasteiger partial charge < -0.3 is 53.5 Å². The Balaban J connectivity index is 1.73. The number of carbonyl (C=O) groups excluding carboxylic acids is 3. The van der Waals surface area contributed by atoms with E-state index in [1.807, 2.05) is 24.3 Å². The van der Waals surface area contributed by atoms with Crippen molar-refractivity contribution in [3.63, 3.8) is 0 Å². The summed E-state index contributed by atoms with van der Waals surface area (Å²) in [4.78, 5) is 58.2. The molecule has 3 rings (SSSR count). The van der Waals surface area contributed by atoms with Crippen molar-refractivity contribution in [1.29, 1.82) is 0 Å². The summed E-state index contributed by atoms with van der Waals surface area (Å²) in [5.41, 5.74) is 18.7. The van der Waals surface area contributed by atoms with E-state index in [4.69, 9.17) is 17.2 Å². The van der Waals surface area contributed by atoms with E-state index in [1.165, 1.54) is 24.3 Å². The quantitative estimate of drug-likeness (QED) is 0.0513. The van der Waals surface area contributed by atoms with E-state index < -0.39 is 54.5 Å². The molecule has 0 spiro atoms. The number of aromatic amines is 1. The molecule has 2 aromatic carbocycles. The topological polar surface area (TPSA) is 271 Å². The molecule has 0 radical (unpaired) electrons. The number of phenolic OH excluding ortho intramolecular Hbond substituents is 1. The molecule has 3 aromatic rings. The number of aliphatic hydroxyl groups excluding tert-OH is 1. The summed E-state index contributed by atoms with van der Waals surface area (Å²) in [5.74, 6) is -3.80. The van der Waals surface area contributed by atoms with Crippen molar-refractivity contribution in [2.45, 2.75) is 49.9 Å². The zero-order valence-electron chi connectivity index (χ0n) is 23.9. The van der Waals surface area contributed by atoms with Crippen LogP contribution in [0.4, 0.5) is 0 Å². The zero-order valence-corrected chi connectivity index (χ0v) is 23.9. The molecule has 15 nitrogen and oxygen atoms in total. The number of nitrogens with zero attached hydrogens (tertiary/aromatic N) is 1. The number of H-pyrrole nitrogens is 1. The lowest BCUT2D eigenvalue weighted by Crippen LogP contribution is -2.58. The minimum atomic E-state index is -1.53. The smallest absolute Gasteiger partial charge is 0.326 e. The fourth-order valence-electron chi connectivity index (χ4n) is 4.47. The van der Waals surface area contributed by atoms with E-state index in [2.05, 4.69) is 25.9 Å². The summed E-state index contributed by atoms with van der Waals surface area (Å²) >= 11 is 0. The molecule has 15 heteroatoms. The highest BCUT2D eigenvalue weighted by molar-refractivity contribution is 5.95. The molecule has 44 heavy (non-hydrogen) atoms.